The molecule has 2 amide bonds. The lowest BCUT2D eigenvalue weighted by Crippen LogP contribution is -2.36. The fraction of sp³-hybridized carbons (Fsp3) is 0.346. The number of carbonyl (C=O) groups is 2. The molecule has 0 aliphatic heterocycles. The Morgan fingerprint density at radius 1 is 1.00 bits per heavy atom. The average Bonchev–Trinajstić information content (AvgIpc) is 3.14. The maximum atomic E-state index is 13.9. The summed E-state index contributed by atoms with van der Waals surface area (Å²) in [6.07, 6.45) is 5.68. The Kier molecular flexibility index (Phi) is 7.17. The minimum atomic E-state index is -0.390. The van der Waals surface area contributed by atoms with Crippen LogP contribution in [0.1, 0.15) is 50.6 Å². The molecule has 1 saturated carbocycles. The summed E-state index contributed by atoms with van der Waals surface area (Å²) in [6, 6.07) is 15.9. The topological polar surface area (TPSA) is 76.0 Å². The van der Waals surface area contributed by atoms with Crippen LogP contribution in [0.25, 0.3) is 16.8 Å². The van der Waals surface area contributed by atoms with Crippen LogP contribution in [0.15, 0.2) is 54.6 Å². The number of aryl methyl sites for hydroxylation is 1. The van der Waals surface area contributed by atoms with Gasteiger partial charge < -0.3 is 10.6 Å². The van der Waals surface area contributed by atoms with Crippen LogP contribution in [0.3, 0.4) is 0 Å². The monoisotopic (exact) mass is 448 g/mol. The Balaban J connectivity index is 1.53. The van der Waals surface area contributed by atoms with Gasteiger partial charge in [-0.15, -0.1) is 0 Å². The van der Waals surface area contributed by atoms with Gasteiger partial charge in [0, 0.05) is 24.4 Å². The van der Waals surface area contributed by atoms with Crippen LogP contribution in [0, 0.1) is 12.7 Å². The molecule has 0 bridgehead atoms. The lowest BCUT2D eigenvalue weighted by atomic mass is 9.95. The first-order valence-electron chi connectivity index (χ1n) is 11.5. The van der Waals surface area contributed by atoms with Gasteiger partial charge in [-0.1, -0.05) is 55.7 Å². The van der Waals surface area contributed by atoms with E-state index in [4.69, 9.17) is 0 Å². The van der Waals surface area contributed by atoms with Crippen molar-refractivity contribution in [1.29, 1.82) is 0 Å². The Bertz CT molecular complexity index is 1120. The van der Waals surface area contributed by atoms with Crippen LogP contribution >= 0.6 is 0 Å². The molecule has 0 saturated heterocycles. The Labute approximate surface area is 193 Å². The van der Waals surface area contributed by atoms with Crippen molar-refractivity contribution in [3.05, 3.63) is 66.1 Å². The third-order valence-corrected chi connectivity index (χ3v) is 5.98. The summed E-state index contributed by atoms with van der Waals surface area (Å²) >= 11 is 0. The normalized spacial score (nSPS) is 14.1. The molecular formula is C26H29FN4O2. The van der Waals surface area contributed by atoms with Crippen molar-refractivity contribution in [2.75, 3.05) is 5.32 Å². The molecule has 1 fully saturated rings. The number of amides is 2. The number of aromatic nitrogens is 2. The maximum absolute atomic E-state index is 13.9. The summed E-state index contributed by atoms with van der Waals surface area (Å²) in [6.45, 7) is 1.85. The molecule has 0 unspecified atom stereocenters. The zero-order valence-electron chi connectivity index (χ0n) is 18.8. The molecular weight excluding hydrogens is 419 g/mol. The lowest BCUT2D eigenvalue weighted by molar-refractivity contribution is -0.125. The van der Waals surface area contributed by atoms with Gasteiger partial charge in [0.05, 0.1) is 11.4 Å². The highest BCUT2D eigenvalue weighted by molar-refractivity contribution is 5.97. The molecule has 0 spiro atoms. The number of carbonyl (C=O) groups excluding carboxylic acids is 2. The molecule has 33 heavy (non-hydrogen) atoms. The van der Waals surface area contributed by atoms with Crippen LogP contribution in [0.2, 0.25) is 0 Å². The van der Waals surface area contributed by atoms with Crippen molar-refractivity contribution in [3.63, 3.8) is 0 Å². The summed E-state index contributed by atoms with van der Waals surface area (Å²) < 4.78 is 15.4. The predicted octanol–water partition coefficient (Wildman–Crippen LogP) is 5.15. The van der Waals surface area contributed by atoms with Crippen molar-refractivity contribution >= 4 is 17.6 Å². The van der Waals surface area contributed by atoms with Crippen molar-refractivity contribution in [1.82, 2.24) is 15.1 Å². The molecule has 172 valence electrons. The molecule has 1 heterocycles. The zero-order valence-corrected chi connectivity index (χ0v) is 18.8. The molecule has 1 aliphatic rings. The molecule has 3 aromatic rings. The van der Waals surface area contributed by atoms with E-state index in [0.717, 1.165) is 36.8 Å². The second kappa shape index (κ2) is 10.4. The van der Waals surface area contributed by atoms with Gasteiger partial charge in [-0.2, -0.15) is 5.10 Å². The average molecular weight is 449 g/mol. The highest BCUT2D eigenvalue weighted by Crippen LogP contribution is 2.33. The molecule has 0 radical (unpaired) electrons. The first-order valence-corrected chi connectivity index (χ1v) is 11.5. The number of nitrogens with zero attached hydrogens (tertiary/aromatic N) is 2. The van der Waals surface area contributed by atoms with Gasteiger partial charge in [-0.25, -0.2) is 9.07 Å². The fourth-order valence-electron chi connectivity index (χ4n) is 4.36. The van der Waals surface area contributed by atoms with Gasteiger partial charge in [-0.3, -0.25) is 9.59 Å². The van der Waals surface area contributed by atoms with Crippen LogP contribution in [-0.2, 0) is 9.59 Å². The SMILES string of the molecule is Cc1nn(-c2cccc(F)c2)c(NC(=O)CCC(=O)NC2CCCCC2)c1-c1ccccc1. The van der Waals surface area contributed by atoms with Crippen molar-refractivity contribution in [2.45, 2.75) is 57.9 Å². The van der Waals surface area contributed by atoms with Crippen molar-refractivity contribution < 1.29 is 14.0 Å². The van der Waals surface area contributed by atoms with Crippen molar-refractivity contribution in [2.24, 2.45) is 0 Å². The fourth-order valence-corrected chi connectivity index (χ4v) is 4.36. The van der Waals surface area contributed by atoms with E-state index in [-0.39, 0.29) is 30.7 Å². The number of hydrogen-bond acceptors (Lipinski definition) is 3. The lowest BCUT2D eigenvalue weighted by Gasteiger charge is -2.22. The highest BCUT2D eigenvalue weighted by Gasteiger charge is 2.21. The van der Waals surface area contributed by atoms with Crippen LogP contribution in [-0.4, -0.2) is 27.6 Å². The largest absolute Gasteiger partial charge is 0.353 e. The van der Waals surface area contributed by atoms with Gasteiger partial charge in [0.15, 0.2) is 0 Å². The molecule has 4 rings (SSSR count). The third kappa shape index (κ3) is 5.66. The predicted molar refractivity (Wildman–Crippen MR) is 127 cm³/mol. The van der Waals surface area contributed by atoms with E-state index in [1.54, 1.807) is 16.8 Å². The maximum Gasteiger partial charge on any atom is 0.226 e. The molecule has 1 aromatic heterocycles. The minimum absolute atomic E-state index is 0.0557. The smallest absolute Gasteiger partial charge is 0.226 e. The van der Waals surface area contributed by atoms with E-state index in [2.05, 4.69) is 15.7 Å². The van der Waals surface area contributed by atoms with E-state index in [0.29, 0.717) is 17.2 Å². The summed E-state index contributed by atoms with van der Waals surface area (Å²) in [5.41, 5.74) is 2.87. The minimum Gasteiger partial charge on any atom is -0.353 e. The van der Waals surface area contributed by atoms with Crippen LogP contribution in [0.4, 0.5) is 10.2 Å². The summed E-state index contributed by atoms with van der Waals surface area (Å²) in [5, 5.41) is 10.6. The first kappa shape index (κ1) is 22.7. The molecule has 2 N–H and O–H groups in total. The summed E-state index contributed by atoms with van der Waals surface area (Å²) in [4.78, 5) is 25.2. The number of hydrogen-bond donors (Lipinski definition) is 2. The molecule has 0 atom stereocenters. The number of anilines is 1. The van der Waals surface area contributed by atoms with E-state index in [9.17, 15) is 14.0 Å². The number of rotatable bonds is 7. The second-order valence-electron chi connectivity index (χ2n) is 8.52. The van der Waals surface area contributed by atoms with Crippen LogP contribution in [0.5, 0.6) is 0 Å². The number of nitrogens with one attached hydrogen (secondary N) is 2. The Hall–Kier alpha value is -3.48. The second-order valence-corrected chi connectivity index (χ2v) is 8.52. The van der Waals surface area contributed by atoms with E-state index < -0.39 is 5.82 Å². The molecule has 1 aliphatic carbocycles. The zero-order chi connectivity index (χ0) is 23.2. The molecule has 2 aromatic carbocycles. The van der Waals surface area contributed by atoms with Crippen LogP contribution < -0.4 is 10.6 Å². The summed E-state index contributed by atoms with van der Waals surface area (Å²) in [7, 11) is 0. The van der Waals surface area contributed by atoms with Gasteiger partial charge in [0.1, 0.15) is 11.6 Å². The number of halogens is 1. The Morgan fingerprint density at radius 2 is 1.73 bits per heavy atom. The van der Waals surface area contributed by atoms with E-state index in [1.807, 2.05) is 37.3 Å². The first-order chi connectivity index (χ1) is 16.0. The van der Waals surface area contributed by atoms with E-state index >= 15 is 0 Å². The summed E-state index contributed by atoms with van der Waals surface area (Å²) in [5.74, 6) is -0.320. The number of benzene rings is 2. The standard InChI is InChI=1S/C26H29FN4O2/c1-18-25(19-9-4-2-5-10-19)26(31(30-18)22-14-8-11-20(27)17-22)29-24(33)16-15-23(32)28-21-12-6-3-7-13-21/h2,4-5,8-11,14,17,21H,3,6-7,12-13,15-16H2,1H3,(H,28,32)(H,29,33). The third-order valence-electron chi connectivity index (χ3n) is 5.98. The molecule has 7 heteroatoms. The van der Waals surface area contributed by atoms with Gasteiger partial charge in [0.25, 0.3) is 0 Å². The quantitative estimate of drug-likeness (QED) is 0.525. The van der Waals surface area contributed by atoms with E-state index in [1.165, 1.54) is 18.6 Å². The Morgan fingerprint density at radius 3 is 2.45 bits per heavy atom. The van der Waals surface area contributed by atoms with Crippen molar-refractivity contribution in [3.8, 4) is 16.8 Å². The highest BCUT2D eigenvalue weighted by atomic mass is 19.1. The van der Waals surface area contributed by atoms with Gasteiger partial charge >= 0.3 is 0 Å². The van der Waals surface area contributed by atoms with Gasteiger partial charge in [0.2, 0.25) is 11.8 Å². The molecule has 6 nitrogen and oxygen atoms in total. The van der Waals surface area contributed by atoms with Gasteiger partial charge in [-0.05, 0) is 43.5 Å².